The summed E-state index contributed by atoms with van der Waals surface area (Å²) in [6.45, 7) is 0. The first-order valence-electron chi connectivity index (χ1n) is 5.61. The predicted molar refractivity (Wildman–Crippen MR) is 82.7 cm³/mol. The van der Waals surface area contributed by atoms with Crippen LogP contribution in [-0.4, -0.2) is 13.0 Å². The fourth-order valence-electron chi connectivity index (χ4n) is 1.59. The summed E-state index contributed by atoms with van der Waals surface area (Å²) in [4.78, 5) is 12.2. The third-order valence-corrected chi connectivity index (χ3v) is 3.78. The highest BCUT2D eigenvalue weighted by atomic mass is 79.9. The van der Waals surface area contributed by atoms with Gasteiger partial charge in [0.25, 0.3) is 5.91 Å². The van der Waals surface area contributed by atoms with E-state index in [0.29, 0.717) is 15.8 Å². The summed E-state index contributed by atoms with van der Waals surface area (Å²) in [6, 6.07) is 9.34. The Labute approximate surface area is 132 Å². The van der Waals surface area contributed by atoms with Gasteiger partial charge in [-0.15, -0.1) is 0 Å². The number of carbonyl (C=O) groups excluding carboxylic acids is 1. The van der Waals surface area contributed by atoms with Gasteiger partial charge >= 0.3 is 0 Å². The minimum Gasteiger partial charge on any atom is -0.497 e. The van der Waals surface area contributed by atoms with Crippen LogP contribution in [-0.2, 0) is 0 Å². The van der Waals surface area contributed by atoms with Gasteiger partial charge < -0.3 is 10.1 Å². The van der Waals surface area contributed by atoms with Crippen molar-refractivity contribution >= 4 is 43.5 Å². The zero-order valence-corrected chi connectivity index (χ0v) is 13.6. The standard InChI is InChI=1S/C14H10Br2FNO2/c1-20-9-3-5-12(17)13(7-9)18-14(19)10-6-8(15)2-4-11(10)16/h2-7H,1H3,(H,18,19). The van der Waals surface area contributed by atoms with Crippen molar-refractivity contribution in [1.82, 2.24) is 0 Å². The number of nitrogens with one attached hydrogen (secondary N) is 1. The molecule has 0 saturated heterocycles. The van der Waals surface area contributed by atoms with Crippen LogP contribution in [0, 0.1) is 5.82 Å². The molecule has 0 atom stereocenters. The summed E-state index contributed by atoms with van der Waals surface area (Å²) >= 11 is 6.58. The zero-order chi connectivity index (χ0) is 14.7. The smallest absolute Gasteiger partial charge is 0.256 e. The van der Waals surface area contributed by atoms with Crippen LogP contribution in [0.3, 0.4) is 0 Å². The molecule has 104 valence electrons. The van der Waals surface area contributed by atoms with Crippen LogP contribution in [0.15, 0.2) is 45.3 Å². The molecule has 0 aliphatic carbocycles. The second kappa shape index (κ2) is 6.37. The third-order valence-electron chi connectivity index (χ3n) is 2.59. The number of hydrogen-bond donors (Lipinski definition) is 1. The fourth-order valence-corrected chi connectivity index (χ4v) is 2.38. The number of halogens is 3. The summed E-state index contributed by atoms with van der Waals surface area (Å²) in [5.74, 6) is -0.467. The minimum atomic E-state index is -0.523. The molecule has 1 amide bonds. The summed E-state index contributed by atoms with van der Waals surface area (Å²) in [5, 5.41) is 2.52. The van der Waals surface area contributed by atoms with Gasteiger partial charge in [0.15, 0.2) is 0 Å². The van der Waals surface area contributed by atoms with Gasteiger partial charge in [-0.2, -0.15) is 0 Å². The van der Waals surface area contributed by atoms with E-state index in [4.69, 9.17) is 4.74 Å². The van der Waals surface area contributed by atoms with Crippen molar-refractivity contribution in [3.05, 3.63) is 56.7 Å². The average molecular weight is 403 g/mol. The Hall–Kier alpha value is -1.40. The lowest BCUT2D eigenvalue weighted by atomic mass is 10.2. The van der Waals surface area contributed by atoms with Gasteiger partial charge in [0.05, 0.1) is 18.4 Å². The highest BCUT2D eigenvalue weighted by Crippen LogP contribution is 2.25. The Morgan fingerprint density at radius 2 is 1.95 bits per heavy atom. The molecule has 0 radical (unpaired) electrons. The van der Waals surface area contributed by atoms with Crippen LogP contribution in [0.2, 0.25) is 0 Å². The van der Waals surface area contributed by atoms with Crippen LogP contribution in [0.5, 0.6) is 5.75 Å². The van der Waals surface area contributed by atoms with E-state index in [-0.39, 0.29) is 5.69 Å². The lowest BCUT2D eigenvalue weighted by Crippen LogP contribution is -2.13. The molecule has 2 rings (SSSR count). The highest BCUT2D eigenvalue weighted by molar-refractivity contribution is 9.11. The molecule has 20 heavy (non-hydrogen) atoms. The van der Waals surface area contributed by atoms with Gasteiger partial charge in [0, 0.05) is 15.0 Å². The van der Waals surface area contributed by atoms with Crippen molar-refractivity contribution in [3.63, 3.8) is 0 Å². The van der Waals surface area contributed by atoms with Gasteiger partial charge in [-0.05, 0) is 46.3 Å². The van der Waals surface area contributed by atoms with Crippen LogP contribution < -0.4 is 10.1 Å². The molecule has 0 saturated carbocycles. The maximum Gasteiger partial charge on any atom is 0.256 e. The van der Waals surface area contributed by atoms with E-state index < -0.39 is 11.7 Å². The number of methoxy groups -OCH3 is 1. The molecule has 0 aliphatic heterocycles. The average Bonchev–Trinajstić information content (AvgIpc) is 2.43. The first-order chi connectivity index (χ1) is 9.51. The number of rotatable bonds is 3. The molecule has 0 unspecified atom stereocenters. The predicted octanol–water partition coefficient (Wildman–Crippen LogP) is 4.61. The first kappa shape index (κ1) is 15.0. The summed E-state index contributed by atoms with van der Waals surface area (Å²) in [6.07, 6.45) is 0. The minimum absolute atomic E-state index is 0.0706. The number of benzene rings is 2. The van der Waals surface area contributed by atoms with Crippen molar-refractivity contribution < 1.29 is 13.9 Å². The number of carbonyl (C=O) groups is 1. The lowest BCUT2D eigenvalue weighted by Gasteiger charge is -2.09. The second-order valence-electron chi connectivity index (χ2n) is 3.92. The van der Waals surface area contributed by atoms with Gasteiger partial charge in [-0.25, -0.2) is 4.39 Å². The molecule has 2 aromatic rings. The monoisotopic (exact) mass is 401 g/mol. The van der Waals surface area contributed by atoms with Gasteiger partial charge in [-0.3, -0.25) is 4.79 Å². The maximum absolute atomic E-state index is 13.7. The number of hydrogen-bond acceptors (Lipinski definition) is 2. The molecule has 3 nitrogen and oxygen atoms in total. The van der Waals surface area contributed by atoms with Crippen LogP contribution in [0.1, 0.15) is 10.4 Å². The van der Waals surface area contributed by atoms with Crippen molar-refractivity contribution in [2.75, 3.05) is 12.4 Å². The zero-order valence-electron chi connectivity index (χ0n) is 10.4. The van der Waals surface area contributed by atoms with E-state index >= 15 is 0 Å². The van der Waals surface area contributed by atoms with E-state index in [1.165, 1.54) is 25.3 Å². The fraction of sp³-hybridized carbons (Fsp3) is 0.0714. The van der Waals surface area contributed by atoms with E-state index in [1.807, 2.05) is 0 Å². The molecule has 0 aromatic heterocycles. The molecule has 0 fully saturated rings. The van der Waals surface area contributed by atoms with Crippen molar-refractivity contribution in [2.45, 2.75) is 0 Å². The SMILES string of the molecule is COc1ccc(F)c(NC(=O)c2cc(Br)ccc2Br)c1. The second-order valence-corrected chi connectivity index (χ2v) is 5.69. The van der Waals surface area contributed by atoms with Gasteiger partial charge in [0.1, 0.15) is 11.6 Å². The van der Waals surface area contributed by atoms with Crippen LogP contribution >= 0.6 is 31.9 Å². The van der Waals surface area contributed by atoms with E-state index in [1.54, 1.807) is 18.2 Å². The Balaban J connectivity index is 2.30. The quantitative estimate of drug-likeness (QED) is 0.813. The molecule has 0 heterocycles. The van der Waals surface area contributed by atoms with Gasteiger partial charge in [0.2, 0.25) is 0 Å². The number of anilines is 1. The summed E-state index contributed by atoms with van der Waals surface area (Å²) in [5.41, 5.74) is 0.475. The van der Waals surface area contributed by atoms with E-state index in [9.17, 15) is 9.18 Å². The summed E-state index contributed by atoms with van der Waals surface area (Å²) in [7, 11) is 1.48. The van der Waals surface area contributed by atoms with Crippen molar-refractivity contribution in [2.24, 2.45) is 0 Å². The summed E-state index contributed by atoms with van der Waals surface area (Å²) < 4.78 is 20.1. The number of ether oxygens (including phenoxy) is 1. The van der Waals surface area contributed by atoms with E-state index in [2.05, 4.69) is 37.2 Å². The van der Waals surface area contributed by atoms with Gasteiger partial charge in [-0.1, -0.05) is 15.9 Å². The molecule has 1 N–H and O–H groups in total. The van der Waals surface area contributed by atoms with Crippen LogP contribution in [0.4, 0.5) is 10.1 Å². The van der Waals surface area contributed by atoms with E-state index in [0.717, 1.165) is 4.47 Å². The molecule has 0 bridgehead atoms. The molecular weight excluding hydrogens is 393 g/mol. The van der Waals surface area contributed by atoms with Crippen molar-refractivity contribution in [3.8, 4) is 5.75 Å². The Morgan fingerprint density at radius 1 is 1.20 bits per heavy atom. The lowest BCUT2D eigenvalue weighted by molar-refractivity contribution is 0.102. The van der Waals surface area contributed by atoms with Crippen molar-refractivity contribution in [1.29, 1.82) is 0 Å². The van der Waals surface area contributed by atoms with Crippen LogP contribution in [0.25, 0.3) is 0 Å². The molecule has 0 spiro atoms. The molecule has 6 heteroatoms. The largest absolute Gasteiger partial charge is 0.497 e. The topological polar surface area (TPSA) is 38.3 Å². The Kier molecular flexibility index (Phi) is 4.77. The molecule has 2 aromatic carbocycles. The number of amides is 1. The third kappa shape index (κ3) is 3.37. The Morgan fingerprint density at radius 3 is 2.65 bits per heavy atom. The molecule has 0 aliphatic rings. The first-order valence-corrected chi connectivity index (χ1v) is 7.20. The maximum atomic E-state index is 13.7. The normalized spacial score (nSPS) is 10.2. The Bertz CT molecular complexity index is 662. The highest BCUT2D eigenvalue weighted by Gasteiger charge is 2.13. The molecular formula is C14H10Br2FNO2.